The summed E-state index contributed by atoms with van der Waals surface area (Å²) < 4.78 is 0.800. The third-order valence-corrected chi connectivity index (χ3v) is 4.87. The molecule has 4 heteroatoms. The number of pyridine rings is 1. The van der Waals surface area contributed by atoms with Gasteiger partial charge in [0, 0.05) is 23.3 Å². The average molecular weight is 309 g/mol. The van der Waals surface area contributed by atoms with Gasteiger partial charge in [0.2, 0.25) is 0 Å². The van der Waals surface area contributed by atoms with E-state index in [0.29, 0.717) is 11.7 Å². The van der Waals surface area contributed by atoms with E-state index in [9.17, 15) is 4.79 Å². The lowest BCUT2D eigenvalue weighted by Crippen LogP contribution is -2.39. The fourth-order valence-corrected chi connectivity index (χ4v) is 3.76. The zero-order valence-electron chi connectivity index (χ0n) is 10.3. The lowest BCUT2D eigenvalue weighted by Gasteiger charge is -2.31. The molecule has 2 fully saturated rings. The Labute approximate surface area is 116 Å². The lowest BCUT2D eigenvalue weighted by atomic mass is 9.85. The largest absolute Gasteiger partial charge is 0.334 e. The summed E-state index contributed by atoms with van der Waals surface area (Å²) in [6, 6.07) is 4.18. The highest BCUT2D eigenvalue weighted by Crippen LogP contribution is 2.37. The molecule has 1 saturated carbocycles. The van der Waals surface area contributed by atoms with Crippen molar-refractivity contribution in [1.29, 1.82) is 0 Å². The second-order valence-electron chi connectivity index (χ2n) is 5.23. The molecule has 1 aromatic rings. The van der Waals surface area contributed by atoms with E-state index in [4.69, 9.17) is 0 Å². The average Bonchev–Trinajstić information content (AvgIpc) is 2.82. The van der Waals surface area contributed by atoms with Gasteiger partial charge < -0.3 is 4.90 Å². The Kier molecular flexibility index (Phi) is 3.37. The van der Waals surface area contributed by atoms with Gasteiger partial charge in [0.25, 0.3) is 5.91 Å². The van der Waals surface area contributed by atoms with Crippen LogP contribution in [-0.2, 0) is 0 Å². The van der Waals surface area contributed by atoms with E-state index in [-0.39, 0.29) is 5.91 Å². The van der Waals surface area contributed by atoms with Crippen LogP contribution in [0, 0.1) is 5.92 Å². The molecule has 2 atom stereocenters. The summed E-state index contributed by atoms with van der Waals surface area (Å²) in [6.07, 6.45) is 7.90. The van der Waals surface area contributed by atoms with E-state index < -0.39 is 0 Å². The molecule has 1 aromatic heterocycles. The molecule has 1 aliphatic heterocycles. The van der Waals surface area contributed by atoms with Gasteiger partial charge in [-0.15, -0.1) is 0 Å². The Bertz CT molecular complexity index is 463. The molecular weight excluding hydrogens is 292 g/mol. The molecule has 3 nitrogen and oxygen atoms in total. The van der Waals surface area contributed by atoms with E-state index in [1.807, 2.05) is 12.1 Å². The van der Waals surface area contributed by atoms with Crippen LogP contribution in [0.4, 0.5) is 0 Å². The van der Waals surface area contributed by atoms with Crippen LogP contribution in [0.5, 0.6) is 0 Å². The number of halogens is 1. The van der Waals surface area contributed by atoms with E-state index in [1.54, 1.807) is 6.20 Å². The Morgan fingerprint density at radius 3 is 3.00 bits per heavy atom. The number of nitrogens with zero attached hydrogens (tertiary/aromatic N) is 2. The maximum absolute atomic E-state index is 12.6. The van der Waals surface area contributed by atoms with Crippen molar-refractivity contribution in [1.82, 2.24) is 9.88 Å². The van der Waals surface area contributed by atoms with Crippen LogP contribution in [0.15, 0.2) is 22.8 Å². The highest BCUT2D eigenvalue weighted by atomic mass is 79.9. The smallest absolute Gasteiger partial charge is 0.273 e. The maximum atomic E-state index is 12.6. The quantitative estimate of drug-likeness (QED) is 0.798. The van der Waals surface area contributed by atoms with E-state index >= 15 is 0 Å². The van der Waals surface area contributed by atoms with Crippen molar-refractivity contribution in [3.63, 3.8) is 0 Å². The number of amides is 1. The first kappa shape index (κ1) is 12.2. The molecule has 2 heterocycles. The summed E-state index contributed by atoms with van der Waals surface area (Å²) >= 11 is 3.42. The Balaban J connectivity index is 1.83. The molecule has 0 bridgehead atoms. The van der Waals surface area contributed by atoms with Gasteiger partial charge in [0.15, 0.2) is 0 Å². The predicted octanol–water partition coefficient (Wildman–Crippen LogP) is 3.25. The fourth-order valence-electron chi connectivity index (χ4n) is 3.34. The Hall–Kier alpha value is -0.900. The van der Waals surface area contributed by atoms with Crippen molar-refractivity contribution >= 4 is 21.8 Å². The molecular formula is C14H17BrN2O. The molecule has 2 unspecified atom stereocenters. The number of fused-ring (bicyclic) bond motifs is 1. The first-order chi connectivity index (χ1) is 8.77. The predicted molar refractivity (Wildman–Crippen MR) is 73.3 cm³/mol. The van der Waals surface area contributed by atoms with Crippen molar-refractivity contribution in [2.45, 2.75) is 38.1 Å². The molecule has 0 spiro atoms. The lowest BCUT2D eigenvalue weighted by molar-refractivity contribution is 0.0683. The molecule has 3 rings (SSSR count). The van der Waals surface area contributed by atoms with Crippen LogP contribution in [0.25, 0.3) is 0 Å². The van der Waals surface area contributed by atoms with Gasteiger partial charge in [-0.1, -0.05) is 12.8 Å². The number of carbonyl (C=O) groups is 1. The van der Waals surface area contributed by atoms with Gasteiger partial charge in [-0.2, -0.15) is 0 Å². The summed E-state index contributed by atoms with van der Waals surface area (Å²) in [5.41, 5.74) is 0.559. The van der Waals surface area contributed by atoms with Crippen LogP contribution >= 0.6 is 15.9 Å². The third kappa shape index (κ3) is 2.07. The number of carbonyl (C=O) groups excluding carboxylic acids is 1. The summed E-state index contributed by atoms with van der Waals surface area (Å²) in [5.74, 6) is 0.821. The van der Waals surface area contributed by atoms with E-state index in [0.717, 1.165) is 16.9 Å². The van der Waals surface area contributed by atoms with Crippen molar-refractivity contribution in [3.05, 3.63) is 28.5 Å². The Morgan fingerprint density at radius 2 is 2.17 bits per heavy atom. The zero-order chi connectivity index (χ0) is 12.5. The molecule has 2 aliphatic rings. The number of likely N-dealkylation sites (tertiary alicyclic amines) is 1. The van der Waals surface area contributed by atoms with Gasteiger partial charge in [-0.25, -0.2) is 4.98 Å². The standard InChI is InChI=1S/C14H17BrN2O/c15-11-5-3-8-16-13(11)14(18)17-9-7-10-4-1-2-6-12(10)17/h3,5,8,10,12H,1-2,4,6-7,9H2. The first-order valence-electron chi connectivity index (χ1n) is 6.69. The van der Waals surface area contributed by atoms with Crippen LogP contribution in [-0.4, -0.2) is 28.4 Å². The highest BCUT2D eigenvalue weighted by molar-refractivity contribution is 9.10. The number of hydrogen-bond acceptors (Lipinski definition) is 2. The van der Waals surface area contributed by atoms with Crippen LogP contribution in [0.2, 0.25) is 0 Å². The van der Waals surface area contributed by atoms with Crippen molar-refractivity contribution in [3.8, 4) is 0 Å². The van der Waals surface area contributed by atoms with Crippen molar-refractivity contribution < 1.29 is 4.79 Å². The second kappa shape index (κ2) is 5.00. The normalized spacial score (nSPS) is 27.1. The zero-order valence-corrected chi connectivity index (χ0v) is 11.9. The molecule has 18 heavy (non-hydrogen) atoms. The second-order valence-corrected chi connectivity index (χ2v) is 6.09. The summed E-state index contributed by atoms with van der Waals surface area (Å²) in [7, 11) is 0. The minimum absolute atomic E-state index is 0.0943. The Morgan fingerprint density at radius 1 is 1.33 bits per heavy atom. The minimum Gasteiger partial charge on any atom is -0.334 e. The summed E-state index contributed by atoms with van der Waals surface area (Å²) in [6.45, 7) is 0.900. The number of hydrogen-bond donors (Lipinski definition) is 0. The molecule has 1 aliphatic carbocycles. The fraction of sp³-hybridized carbons (Fsp3) is 0.571. The minimum atomic E-state index is 0.0943. The van der Waals surface area contributed by atoms with Crippen LogP contribution < -0.4 is 0 Å². The number of aromatic nitrogens is 1. The van der Waals surface area contributed by atoms with E-state index in [1.165, 1.54) is 32.1 Å². The van der Waals surface area contributed by atoms with E-state index in [2.05, 4.69) is 25.8 Å². The maximum Gasteiger partial charge on any atom is 0.273 e. The summed E-state index contributed by atoms with van der Waals surface area (Å²) in [5, 5.41) is 0. The molecule has 1 saturated heterocycles. The van der Waals surface area contributed by atoms with Gasteiger partial charge in [-0.3, -0.25) is 4.79 Å². The molecule has 96 valence electrons. The van der Waals surface area contributed by atoms with Gasteiger partial charge in [0.1, 0.15) is 5.69 Å². The van der Waals surface area contributed by atoms with Crippen molar-refractivity contribution in [2.24, 2.45) is 5.92 Å². The molecule has 0 aromatic carbocycles. The van der Waals surface area contributed by atoms with Crippen molar-refractivity contribution in [2.75, 3.05) is 6.54 Å². The highest BCUT2D eigenvalue weighted by Gasteiger charge is 2.39. The van der Waals surface area contributed by atoms with Gasteiger partial charge in [0.05, 0.1) is 0 Å². The molecule has 1 amide bonds. The van der Waals surface area contributed by atoms with Crippen LogP contribution in [0.3, 0.4) is 0 Å². The SMILES string of the molecule is O=C(c1ncccc1Br)N1CCC2CCCCC21. The summed E-state index contributed by atoms with van der Waals surface area (Å²) in [4.78, 5) is 18.8. The number of rotatable bonds is 1. The molecule has 0 N–H and O–H groups in total. The van der Waals surface area contributed by atoms with Gasteiger partial charge >= 0.3 is 0 Å². The third-order valence-electron chi connectivity index (χ3n) is 4.23. The molecule has 0 radical (unpaired) electrons. The monoisotopic (exact) mass is 308 g/mol. The van der Waals surface area contributed by atoms with Crippen LogP contribution in [0.1, 0.15) is 42.6 Å². The first-order valence-corrected chi connectivity index (χ1v) is 7.48. The van der Waals surface area contributed by atoms with Gasteiger partial charge in [-0.05, 0) is 53.2 Å². The topological polar surface area (TPSA) is 33.2 Å².